The zero-order valence-corrected chi connectivity index (χ0v) is 24.7. The second-order valence-electron chi connectivity index (χ2n) is 11.1. The summed E-state index contributed by atoms with van der Waals surface area (Å²) in [4.78, 5) is 41.4. The molecule has 2 rings (SSSR count). The molecule has 1 unspecified atom stereocenters. The van der Waals surface area contributed by atoms with E-state index in [1.165, 1.54) is 12.2 Å². The highest BCUT2D eigenvalue weighted by Gasteiger charge is 2.49. The highest BCUT2D eigenvalue weighted by molar-refractivity contribution is 6.03. The van der Waals surface area contributed by atoms with Gasteiger partial charge in [-0.15, -0.1) is 0 Å². The summed E-state index contributed by atoms with van der Waals surface area (Å²) in [5.41, 5.74) is 11.4. The van der Waals surface area contributed by atoms with Crippen molar-refractivity contribution in [3.63, 3.8) is 0 Å². The van der Waals surface area contributed by atoms with Crippen LogP contribution >= 0.6 is 0 Å². The summed E-state index contributed by atoms with van der Waals surface area (Å²) in [6, 6.07) is 7.38. The van der Waals surface area contributed by atoms with E-state index in [-0.39, 0.29) is 36.4 Å². The summed E-state index contributed by atoms with van der Waals surface area (Å²) in [5.74, 6) is -1.39. The van der Waals surface area contributed by atoms with Gasteiger partial charge in [-0.05, 0) is 68.3 Å². The first-order valence-electron chi connectivity index (χ1n) is 14.3. The molecule has 3 atom stereocenters. The first-order valence-corrected chi connectivity index (χ1v) is 14.3. The number of benzene rings is 1. The van der Waals surface area contributed by atoms with Gasteiger partial charge in [0.05, 0.1) is 18.6 Å². The van der Waals surface area contributed by atoms with Crippen LogP contribution in [0, 0.1) is 17.3 Å². The molecule has 0 bridgehead atoms. The van der Waals surface area contributed by atoms with Crippen molar-refractivity contribution in [1.82, 2.24) is 10.2 Å². The Balaban J connectivity index is 2.60. The summed E-state index contributed by atoms with van der Waals surface area (Å²) < 4.78 is 5.39. The third kappa shape index (κ3) is 8.66. The molecule has 1 aliphatic carbocycles. The van der Waals surface area contributed by atoms with Crippen LogP contribution in [0.2, 0.25) is 0 Å². The van der Waals surface area contributed by atoms with Crippen molar-refractivity contribution in [2.45, 2.75) is 65.9 Å². The Bertz CT molecular complexity index is 1080. The van der Waals surface area contributed by atoms with Crippen LogP contribution in [0.5, 0.6) is 5.75 Å². The molecule has 0 fully saturated rings. The largest absolute Gasteiger partial charge is 0.497 e. The van der Waals surface area contributed by atoms with E-state index in [2.05, 4.69) is 19.2 Å². The number of rotatable bonds is 17. The fraction of sp³-hybridized carbons (Fsp3) is 0.581. The topological polar surface area (TPSA) is 148 Å². The van der Waals surface area contributed by atoms with Crippen LogP contribution in [0.25, 0.3) is 0 Å². The number of nitrogens with two attached hydrogens (primary N) is 2. The maximum absolute atomic E-state index is 13.7. The smallest absolute Gasteiger partial charge is 0.249 e. The Morgan fingerprint density at radius 3 is 2.38 bits per heavy atom. The number of ether oxygens (including phenoxy) is 1. The second kappa shape index (κ2) is 15.6. The molecule has 3 amide bonds. The number of hydrogen-bond donors (Lipinski definition) is 4. The number of carbonyl (C=O) groups is 3. The lowest BCUT2D eigenvalue weighted by atomic mass is 9.63. The van der Waals surface area contributed by atoms with Crippen LogP contribution in [0.15, 0.2) is 47.6 Å². The van der Waals surface area contributed by atoms with E-state index in [1.54, 1.807) is 12.0 Å². The molecule has 0 saturated heterocycles. The quantitative estimate of drug-likeness (QED) is 0.217. The van der Waals surface area contributed by atoms with Crippen LogP contribution < -0.4 is 21.5 Å². The zero-order chi connectivity index (χ0) is 29.9. The number of aliphatic hydroxyl groups is 1. The fourth-order valence-corrected chi connectivity index (χ4v) is 5.34. The normalized spacial score (nSPS) is 18.5. The monoisotopic (exact) mass is 556 g/mol. The number of amides is 3. The molecule has 1 aliphatic rings. The van der Waals surface area contributed by atoms with Gasteiger partial charge in [-0.25, -0.2) is 0 Å². The predicted octanol–water partition coefficient (Wildman–Crippen LogP) is 2.71. The van der Waals surface area contributed by atoms with E-state index in [4.69, 9.17) is 16.2 Å². The molecular weight excluding hydrogens is 508 g/mol. The van der Waals surface area contributed by atoms with Crippen molar-refractivity contribution in [3.8, 4) is 5.75 Å². The number of hydrogen-bond acceptors (Lipinski definition) is 6. The van der Waals surface area contributed by atoms with Gasteiger partial charge in [0.25, 0.3) is 0 Å². The Morgan fingerprint density at radius 1 is 1.15 bits per heavy atom. The molecule has 0 saturated carbocycles. The third-order valence-electron chi connectivity index (χ3n) is 7.49. The molecule has 6 N–H and O–H groups in total. The van der Waals surface area contributed by atoms with Gasteiger partial charge in [0, 0.05) is 36.7 Å². The molecule has 40 heavy (non-hydrogen) atoms. The number of nitrogens with zero attached hydrogens (tertiary/aromatic N) is 1. The molecule has 0 heterocycles. The van der Waals surface area contributed by atoms with E-state index in [0.717, 1.165) is 24.8 Å². The average molecular weight is 557 g/mol. The molecule has 0 radical (unpaired) electrons. The van der Waals surface area contributed by atoms with Crippen LogP contribution in [-0.4, -0.2) is 67.1 Å². The number of aliphatic hydroxyl groups excluding tert-OH is 1. The first kappa shape index (κ1) is 33.0. The van der Waals surface area contributed by atoms with Gasteiger partial charge >= 0.3 is 0 Å². The van der Waals surface area contributed by atoms with Crippen molar-refractivity contribution in [1.29, 1.82) is 0 Å². The first-order chi connectivity index (χ1) is 19.0. The van der Waals surface area contributed by atoms with Crippen molar-refractivity contribution in [2.75, 3.05) is 33.3 Å². The van der Waals surface area contributed by atoms with Crippen molar-refractivity contribution >= 4 is 17.7 Å². The highest BCUT2D eigenvalue weighted by atomic mass is 16.5. The molecular formula is C31H48N4O5. The lowest BCUT2D eigenvalue weighted by Crippen LogP contribution is -2.52. The van der Waals surface area contributed by atoms with Crippen LogP contribution in [-0.2, 0) is 20.8 Å². The molecule has 9 nitrogen and oxygen atoms in total. The van der Waals surface area contributed by atoms with Gasteiger partial charge in [0.2, 0.25) is 17.7 Å². The minimum Gasteiger partial charge on any atom is -0.497 e. The Kier molecular flexibility index (Phi) is 12.9. The second-order valence-corrected chi connectivity index (χ2v) is 11.1. The van der Waals surface area contributed by atoms with Crippen molar-refractivity contribution < 1.29 is 24.2 Å². The molecule has 1 aromatic rings. The minimum absolute atomic E-state index is 0.0388. The molecule has 0 aliphatic heterocycles. The maximum atomic E-state index is 13.7. The van der Waals surface area contributed by atoms with E-state index >= 15 is 0 Å². The molecule has 0 spiro atoms. The number of nitrogens with one attached hydrogen (secondary N) is 1. The van der Waals surface area contributed by atoms with Crippen molar-refractivity contribution in [2.24, 2.45) is 28.7 Å². The lowest BCUT2D eigenvalue weighted by Gasteiger charge is -2.42. The van der Waals surface area contributed by atoms with E-state index < -0.39 is 29.3 Å². The van der Waals surface area contributed by atoms with Gasteiger partial charge in [-0.1, -0.05) is 45.9 Å². The predicted molar refractivity (Wildman–Crippen MR) is 157 cm³/mol. The Hall–Kier alpha value is -3.17. The lowest BCUT2D eigenvalue weighted by molar-refractivity contribution is -0.132. The molecule has 0 aromatic heterocycles. The fourth-order valence-electron chi connectivity index (χ4n) is 5.34. The number of carbonyl (C=O) groups excluding carboxylic acids is 3. The van der Waals surface area contributed by atoms with Gasteiger partial charge in [0.15, 0.2) is 0 Å². The SMILES string of the molecule is CCCN(CCC)C(=O)C1=CC(C(N)=O)=CC(C(N)=O)([C@H](Cc2cccc(OC)c2)[C@@H](O)CNCCC(C)C)C1. The Morgan fingerprint density at radius 2 is 1.82 bits per heavy atom. The Labute approximate surface area is 239 Å². The summed E-state index contributed by atoms with van der Waals surface area (Å²) >= 11 is 0. The van der Waals surface area contributed by atoms with Crippen LogP contribution in [0.3, 0.4) is 0 Å². The van der Waals surface area contributed by atoms with Gasteiger partial charge < -0.3 is 31.5 Å². The number of methoxy groups -OCH3 is 1. The van der Waals surface area contributed by atoms with Crippen LogP contribution in [0.1, 0.15) is 58.9 Å². The highest BCUT2D eigenvalue weighted by Crippen LogP contribution is 2.44. The standard InChI is InChI=1S/C31H48N4O5/c1-6-13-35(14-7-2)29(38)24-17-23(28(32)37)18-31(19-24,30(33)39)26(27(36)20-34-12-11-21(3)4)16-22-9-8-10-25(15-22)40-5/h8-10,15,17-18,21,26-27,34,36H,6-7,11-14,16,19-20H2,1-5H3,(H2,32,37)(H2,33,39)/t26-,27+,31?/m1/s1. The van der Waals surface area contributed by atoms with E-state index in [9.17, 15) is 19.5 Å². The molecule has 9 heteroatoms. The minimum atomic E-state index is -1.53. The summed E-state index contributed by atoms with van der Waals surface area (Å²) in [7, 11) is 1.57. The van der Waals surface area contributed by atoms with E-state index in [1.807, 2.05) is 38.1 Å². The summed E-state index contributed by atoms with van der Waals surface area (Å²) in [6.07, 6.45) is 4.58. The molecule has 1 aromatic carbocycles. The van der Waals surface area contributed by atoms with Gasteiger partial charge in [-0.3, -0.25) is 14.4 Å². The van der Waals surface area contributed by atoms with Gasteiger partial charge in [0.1, 0.15) is 5.75 Å². The summed E-state index contributed by atoms with van der Waals surface area (Å²) in [6.45, 7) is 10.2. The average Bonchev–Trinajstić information content (AvgIpc) is 2.92. The summed E-state index contributed by atoms with van der Waals surface area (Å²) in [5, 5.41) is 14.9. The molecule has 222 valence electrons. The van der Waals surface area contributed by atoms with Crippen LogP contribution in [0.4, 0.5) is 0 Å². The van der Waals surface area contributed by atoms with E-state index in [0.29, 0.717) is 31.3 Å². The zero-order valence-electron chi connectivity index (χ0n) is 24.7. The van der Waals surface area contributed by atoms with Crippen molar-refractivity contribution in [3.05, 3.63) is 53.1 Å². The number of primary amides is 2. The third-order valence-corrected chi connectivity index (χ3v) is 7.49. The maximum Gasteiger partial charge on any atom is 0.249 e. The van der Waals surface area contributed by atoms with Gasteiger partial charge in [-0.2, -0.15) is 0 Å².